The molecule has 92 valence electrons. The summed E-state index contributed by atoms with van der Waals surface area (Å²) in [6.07, 6.45) is 0.515. The molecule has 1 rings (SSSR count). The number of hydrogen-bond donors (Lipinski definition) is 2. The maximum absolute atomic E-state index is 11.9. The van der Waals surface area contributed by atoms with E-state index in [9.17, 15) is 8.42 Å². The van der Waals surface area contributed by atoms with Crippen molar-refractivity contribution >= 4 is 33.0 Å². The maximum atomic E-state index is 11.9. The summed E-state index contributed by atoms with van der Waals surface area (Å²) in [5.74, 6) is 0. The van der Waals surface area contributed by atoms with Crippen molar-refractivity contribution in [1.82, 2.24) is 9.71 Å². The minimum absolute atomic E-state index is 0.101. The van der Waals surface area contributed by atoms with Crippen molar-refractivity contribution in [3.8, 4) is 0 Å². The van der Waals surface area contributed by atoms with Gasteiger partial charge in [-0.05, 0) is 13.3 Å². The van der Waals surface area contributed by atoms with Crippen molar-refractivity contribution in [3.63, 3.8) is 0 Å². The number of nitrogens with zero attached hydrogens (tertiary/aromatic N) is 1. The molecule has 0 spiro atoms. The van der Waals surface area contributed by atoms with Crippen LogP contribution in [0.15, 0.2) is 4.21 Å². The third-order valence-corrected chi connectivity index (χ3v) is 5.40. The largest absolute Gasteiger partial charge is 0.395 e. The number of thiazole rings is 1. The van der Waals surface area contributed by atoms with E-state index in [0.717, 1.165) is 11.3 Å². The Morgan fingerprint density at radius 2 is 2.25 bits per heavy atom. The second-order valence-electron chi connectivity index (χ2n) is 3.25. The van der Waals surface area contributed by atoms with Gasteiger partial charge in [-0.1, -0.05) is 29.9 Å². The lowest BCUT2D eigenvalue weighted by Gasteiger charge is -2.13. The quantitative estimate of drug-likeness (QED) is 0.850. The van der Waals surface area contributed by atoms with Crippen LogP contribution < -0.4 is 4.72 Å². The van der Waals surface area contributed by atoms with Gasteiger partial charge in [0.2, 0.25) is 0 Å². The summed E-state index contributed by atoms with van der Waals surface area (Å²) >= 11 is 6.55. The maximum Gasteiger partial charge on any atom is 0.252 e. The summed E-state index contributed by atoms with van der Waals surface area (Å²) in [5, 5.41) is 8.95. The highest BCUT2D eigenvalue weighted by molar-refractivity contribution is 7.91. The van der Waals surface area contributed by atoms with Crippen molar-refractivity contribution in [2.45, 2.75) is 30.5 Å². The van der Waals surface area contributed by atoms with Gasteiger partial charge in [-0.2, -0.15) is 0 Å². The first kappa shape index (κ1) is 13.9. The van der Waals surface area contributed by atoms with Crippen molar-refractivity contribution < 1.29 is 13.5 Å². The molecule has 2 N–H and O–H groups in total. The number of aryl methyl sites for hydroxylation is 1. The molecule has 0 unspecified atom stereocenters. The molecule has 0 aromatic carbocycles. The number of aliphatic hydroxyl groups excluding tert-OH is 1. The minimum atomic E-state index is -3.63. The highest BCUT2D eigenvalue weighted by atomic mass is 35.5. The van der Waals surface area contributed by atoms with Crippen LogP contribution in [0.5, 0.6) is 0 Å². The van der Waals surface area contributed by atoms with Gasteiger partial charge >= 0.3 is 0 Å². The Bertz CT molecular complexity index is 454. The van der Waals surface area contributed by atoms with E-state index in [2.05, 4.69) is 9.71 Å². The van der Waals surface area contributed by atoms with Crippen molar-refractivity contribution in [2.75, 3.05) is 6.61 Å². The number of nitrogens with one attached hydrogen (secondary N) is 1. The predicted molar refractivity (Wildman–Crippen MR) is 63.3 cm³/mol. The molecule has 5 nitrogen and oxygen atoms in total. The standard InChI is InChI=1S/C8H13ClN2O3S2/c1-3-6(4-12)11-16(13,14)7-5(2)10-8(9)15-7/h6,11-12H,3-4H2,1-2H3/t6-/m0/s1. The molecule has 1 atom stereocenters. The minimum Gasteiger partial charge on any atom is -0.395 e. The molecule has 1 aromatic rings. The first-order chi connectivity index (χ1) is 7.40. The van der Waals surface area contributed by atoms with E-state index < -0.39 is 16.1 Å². The molecule has 8 heteroatoms. The van der Waals surface area contributed by atoms with E-state index in [4.69, 9.17) is 16.7 Å². The monoisotopic (exact) mass is 284 g/mol. The van der Waals surface area contributed by atoms with Crippen molar-refractivity contribution in [3.05, 3.63) is 10.2 Å². The fraction of sp³-hybridized carbons (Fsp3) is 0.625. The van der Waals surface area contributed by atoms with Gasteiger partial charge in [-0.3, -0.25) is 0 Å². The van der Waals surface area contributed by atoms with E-state index in [1.54, 1.807) is 13.8 Å². The summed E-state index contributed by atoms with van der Waals surface area (Å²) in [5.41, 5.74) is 0.371. The van der Waals surface area contributed by atoms with Crippen molar-refractivity contribution in [1.29, 1.82) is 0 Å². The zero-order valence-electron chi connectivity index (χ0n) is 8.90. The Balaban J connectivity index is 2.98. The second-order valence-corrected chi connectivity index (χ2v) is 6.74. The smallest absolute Gasteiger partial charge is 0.252 e. The van der Waals surface area contributed by atoms with Crippen LogP contribution in [0.4, 0.5) is 0 Å². The molecule has 0 saturated carbocycles. The van der Waals surface area contributed by atoms with E-state index >= 15 is 0 Å². The summed E-state index contributed by atoms with van der Waals surface area (Å²) in [7, 11) is -3.63. The molecule has 0 fully saturated rings. The van der Waals surface area contributed by atoms with E-state index in [1.807, 2.05) is 0 Å². The third-order valence-electron chi connectivity index (χ3n) is 2.01. The van der Waals surface area contributed by atoms with Crippen LogP contribution in [0, 0.1) is 6.92 Å². The zero-order valence-corrected chi connectivity index (χ0v) is 11.3. The number of rotatable bonds is 5. The fourth-order valence-electron chi connectivity index (χ4n) is 1.12. The molecule has 1 heterocycles. The average Bonchev–Trinajstić information content (AvgIpc) is 2.55. The highest BCUT2D eigenvalue weighted by Crippen LogP contribution is 2.26. The van der Waals surface area contributed by atoms with Crippen LogP contribution >= 0.6 is 22.9 Å². The molecule has 1 aromatic heterocycles. The van der Waals surface area contributed by atoms with Crippen LogP contribution in [-0.4, -0.2) is 31.2 Å². The lowest BCUT2D eigenvalue weighted by molar-refractivity contribution is 0.254. The number of sulfonamides is 1. The molecule has 0 saturated heterocycles. The number of hydrogen-bond acceptors (Lipinski definition) is 5. The Labute approximate surface area is 104 Å². The zero-order chi connectivity index (χ0) is 12.3. The van der Waals surface area contributed by atoms with Crippen LogP contribution in [0.2, 0.25) is 4.47 Å². The lowest BCUT2D eigenvalue weighted by atomic mass is 10.3. The number of halogens is 1. The summed E-state index contributed by atoms with van der Waals surface area (Å²) in [6.45, 7) is 3.13. The molecule has 0 amide bonds. The van der Waals surface area contributed by atoms with Gasteiger partial charge in [-0.15, -0.1) is 0 Å². The van der Waals surface area contributed by atoms with E-state index in [1.165, 1.54) is 0 Å². The Kier molecular flexibility index (Phi) is 4.69. The van der Waals surface area contributed by atoms with Crippen LogP contribution in [0.3, 0.4) is 0 Å². The number of aromatic nitrogens is 1. The van der Waals surface area contributed by atoms with E-state index in [0.29, 0.717) is 12.1 Å². The second kappa shape index (κ2) is 5.42. The average molecular weight is 285 g/mol. The molecular formula is C8H13ClN2O3S2. The van der Waals surface area contributed by atoms with Gasteiger partial charge in [0.15, 0.2) is 8.68 Å². The predicted octanol–water partition coefficient (Wildman–Crippen LogP) is 1.15. The normalized spacial score (nSPS) is 14.0. The Hall–Kier alpha value is -0.210. The Morgan fingerprint density at radius 1 is 1.62 bits per heavy atom. The Morgan fingerprint density at radius 3 is 2.62 bits per heavy atom. The van der Waals surface area contributed by atoms with Gasteiger partial charge in [0.1, 0.15) is 0 Å². The third kappa shape index (κ3) is 3.14. The SMILES string of the molecule is CC[C@@H](CO)NS(=O)(=O)c1sc(Cl)nc1C. The molecule has 0 radical (unpaired) electrons. The van der Waals surface area contributed by atoms with E-state index in [-0.39, 0.29) is 15.3 Å². The summed E-state index contributed by atoms with van der Waals surface area (Å²) in [4.78, 5) is 3.84. The van der Waals surface area contributed by atoms with Gasteiger partial charge < -0.3 is 5.11 Å². The van der Waals surface area contributed by atoms with Crippen LogP contribution in [0.1, 0.15) is 19.0 Å². The van der Waals surface area contributed by atoms with Crippen molar-refractivity contribution in [2.24, 2.45) is 0 Å². The first-order valence-electron chi connectivity index (χ1n) is 4.66. The molecule has 0 aliphatic rings. The van der Waals surface area contributed by atoms with Gasteiger partial charge in [0.05, 0.1) is 12.3 Å². The van der Waals surface area contributed by atoms with Crippen LogP contribution in [0.25, 0.3) is 0 Å². The molecule has 16 heavy (non-hydrogen) atoms. The van der Waals surface area contributed by atoms with Crippen LogP contribution in [-0.2, 0) is 10.0 Å². The summed E-state index contributed by atoms with van der Waals surface area (Å²) in [6, 6.07) is -0.481. The van der Waals surface area contributed by atoms with Gasteiger partial charge in [-0.25, -0.2) is 18.1 Å². The molecule has 0 bridgehead atoms. The lowest BCUT2D eigenvalue weighted by Crippen LogP contribution is -2.36. The molecule has 0 aliphatic heterocycles. The fourth-order valence-corrected chi connectivity index (χ4v) is 4.19. The topological polar surface area (TPSA) is 79.3 Å². The van der Waals surface area contributed by atoms with Gasteiger partial charge in [0, 0.05) is 6.04 Å². The molecular weight excluding hydrogens is 272 g/mol. The first-order valence-corrected chi connectivity index (χ1v) is 7.34. The molecule has 0 aliphatic carbocycles. The van der Waals surface area contributed by atoms with Gasteiger partial charge in [0.25, 0.3) is 10.0 Å². The number of aliphatic hydroxyl groups is 1. The summed E-state index contributed by atoms with van der Waals surface area (Å²) < 4.78 is 26.5. The highest BCUT2D eigenvalue weighted by Gasteiger charge is 2.23.